The van der Waals surface area contributed by atoms with Crippen LogP contribution in [0, 0.1) is 11.8 Å². The van der Waals surface area contributed by atoms with E-state index >= 15 is 0 Å². The molecule has 1 N–H and O–H groups in total. The van der Waals surface area contributed by atoms with Gasteiger partial charge in [-0.25, -0.2) is 0 Å². The monoisotopic (exact) mass is 548 g/mol. The molecule has 3 unspecified atom stereocenters. The summed E-state index contributed by atoms with van der Waals surface area (Å²) in [6.07, 6.45) is -0.188. The van der Waals surface area contributed by atoms with Gasteiger partial charge in [-0.3, -0.25) is 24.0 Å². The van der Waals surface area contributed by atoms with E-state index in [2.05, 4.69) is 0 Å². The Bertz CT molecular complexity index is 1390. The van der Waals surface area contributed by atoms with Gasteiger partial charge in [-0.05, 0) is 77.1 Å². The number of aliphatic hydroxyl groups is 1. The number of carbonyl (C=O) groups excluding carboxylic acids is 5. The van der Waals surface area contributed by atoms with Crippen molar-refractivity contribution in [2.45, 2.75) is 71.7 Å². The van der Waals surface area contributed by atoms with Gasteiger partial charge in [-0.15, -0.1) is 0 Å². The van der Waals surface area contributed by atoms with Gasteiger partial charge in [0, 0.05) is 16.7 Å². The normalized spacial score (nSPS) is 20.6. The van der Waals surface area contributed by atoms with Gasteiger partial charge in [-0.2, -0.15) is 0 Å². The van der Waals surface area contributed by atoms with Crippen LogP contribution in [-0.2, 0) is 31.9 Å². The molecule has 0 saturated carbocycles. The standard InChI is InChI=1S/C32H36O8/c1-31(2,3)39-15-23(33)25-27(35)19-11-9-17(13-21(19)29(25)37)7-8-18-10-12-20-22(14-18)30(38)26(28(20)36)24(34)16-40-32(4,5)6/h9-14,25-26,29,37H,7-8,15-16H2,1-6H3. The van der Waals surface area contributed by atoms with Crippen LogP contribution < -0.4 is 0 Å². The van der Waals surface area contributed by atoms with E-state index in [-0.39, 0.29) is 24.3 Å². The largest absolute Gasteiger partial charge is 0.387 e. The van der Waals surface area contributed by atoms with Gasteiger partial charge in [0.05, 0.1) is 17.3 Å². The molecule has 0 spiro atoms. The minimum absolute atomic E-state index is 0.241. The van der Waals surface area contributed by atoms with E-state index in [1.54, 1.807) is 57.2 Å². The maximum Gasteiger partial charge on any atom is 0.182 e. The molecule has 0 heterocycles. The summed E-state index contributed by atoms with van der Waals surface area (Å²) in [5, 5.41) is 10.8. The summed E-state index contributed by atoms with van der Waals surface area (Å²) in [6.45, 7) is 10.2. The lowest BCUT2D eigenvalue weighted by atomic mass is 9.96. The number of rotatable bonds is 9. The highest BCUT2D eigenvalue weighted by Gasteiger charge is 2.44. The average molecular weight is 549 g/mol. The van der Waals surface area contributed by atoms with Crippen molar-refractivity contribution in [1.82, 2.24) is 0 Å². The molecule has 40 heavy (non-hydrogen) atoms. The predicted molar refractivity (Wildman–Crippen MR) is 147 cm³/mol. The SMILES string of the molecule is CC(C)(C)OCC(=O)C1C(=O)c2ccc(CCc3ccc4c(c3)C(O)C(C(=O)COC(C)(C)C)C4=O)cc2C1=O. The molecule has 0 amide bonds. The summed E-state index contributed by atoms with van der Waals surface area (Å²) < 4.78 is 11.0. The Labute approximate surface area is 234 Å². The summed E-state index contributed by atoms with van der Waals surface area (Å²) in [5.74, 6) is -4.96. The van der Waals surface area contributed by atoms with E-state index in [0.29, 0.717) is 24.0 Å². The van der Waals surface area contributed by atoms with Crippen LogP contribution in [0.5, 0.6) is 0 Å². The van der Waals surface area contributed by atoms with Crippen molar-refractivity contribution < 1.29 is 38.6 Å². The van der Waals surface area contributed by atoms with Crippen molar-refractivity contribution in [3.8, 4) is 0 Å². The van der Waals surface area contributed by atoms with Gasteiger partial charge >= 0.3 is 0 Å². The maximum absolute atomic E-state index is 13.0. The lowest BCUT2D eigenvalue weighted by Gasteiger charge is -2.20. The number of ketones is 5. The summed E-state index contributed by atoms with van der Waals surface area (Å²) in [4.78, 5) is 64.0. The maximum atomic E-state index is 13.0. The van der Waals surface area contributed by atoms with E-state index in [1.165, 1.54) is 0 Å². The van der Waals surface area contributed by atoms with Gasteiger partial charge in [-0.1, -0.05) is 30.3 Å². The first-order valence-electron chi connectivity index (χ1n) is 13.5. The molecule has 3 atom stereocenters. The first kappa shape index (κ1) is 29.6. The number of benzene rings is 2. The van der Waals surface area contributed by atoms with Crippen molar-refractivity contribution in [2.75, 3.05) is 13.2 Å². The molecule has 8 heteroatoms. The fraction of sp³-hybridized carbons (Fsp3) is 0.469. The quantitative estimate of drug-likeness (QED) is 0.465. The zero-order chi connectivity index (χ0) is 29.6. The van der Waals surface area contributed by atoms with Crippen molar-refractivity contribution in [1.29, 1.82) is 0 Å². The smallest absolute Gasteiger partial charge is 0.182 e. The molecule has 8 nitrogen and oxygen atoms in total. The van der Waals surface area contributed by atoms with E-state index in [4.69, 9.17) is 9.47 Å². The molecule has 0 radical (unpaired) electrons. The van der Waals surface area contributed by atoms with E-state index < -0.39 is 58.1 Å². The highest BCUT2D eigenvalue weighted by atomic mass is 16.5. The Morgan fingerprint density at radius 1 is 0.700 bits per heavy atom. The fourth-order valence-electron chi connectivity index (χ4n) is 4.97. The third-order valence-electron chi connectivity index (χ3n) is 7.10. The average Bonchev–Trinajstić information content (AvgIpc) is 3.27. The van der Waals surface area contributed by atoms with Crippen LogP contribution in [0.25, 0.3) is 0 Å². The Kier molecular flexibility index (Phi) is 8.09. The predicted octanol–water partition coefficient (Wildman–Crippen LogP) is 4.08. The van der Waals surface area contributed by atoms with Gasteiger partial charge in [0.15, 0.2) is 28.9 Å². The van der Waals surface area contributed by atoms with Crippen LogP contribution in [-0.4, -0.2) is 58.4 Å². The number of aryl methyl sites for hydroxylation is 2. The van der Waals surface area contributed by atoms with Gasteiger partial charge in [0.2, 0.25) is 0 Å². The van der Waals surface area contributed by atoms with Crippen LogP contribution in [0.15, 0.2) is 36.4 Å². The second-order valence-electron chi connectivity index (χ2n) is 12.5. The second-order valence-corrected chi connectivity index (χ2v) is 12.5. The van der Waals surface area contributed by atoms with E-state index in [1.807, 2.05) is 20.8 Å². The third kappa shape index (κ3) is 6.19. The summed E-state index contributed by atoms with van der Waals surface area (Å²) >= 11 is 0. The fourth-order valence-corrected chi connectivity index (χ4v) is 4.97. The summed E-state index contributed by atoms with van der Waals surface area (Å²) in [5.41, 5.74) is 1.78. The number of hydrogen-bond acceptors (Lipinski definition) is 8. The molecule has 0 aromatic heterocycles. The Hall–Kier alpha value is -3.33. The van der Waals surface area contributed by atoms with Gasteiger partial charge < -0.3 is 14.6 Å². The highest BCUT2D eigenvalue weighted by Crippen LogP contribution is 2.38. The van der Waals surface area contributed by atoms with Gasteiger partial charge in [0.1, 0.15) is 25.0 Å². The van der Waals surface area contributed by atoms with Crippen LogP contribution in [0.2, 0.25) is 0 Å². The summed E-state index contributed by atoms with van der Waals surface area (Å²) in [6, 6.07) is 10.2. The molecule has 2 aromatic carbocycles. The van der Waals surface area contributed by atoms with Crippen LogP contribution in [0.4, 0.5) is 0 Å². The zero-order valence-corrected chi connectivity index (χ0v) is 23.8. The molecule has 2 aromatic rings. The molecule has 0 saturated heterocycles. The van der Waals surface area contributed by atoms with Crippen molar-refractivity contribution in [3.05, 3.63) is 69.8 Å². The number of hydrogen-bond donors (Lipinski definition) is 1. The number of carbonyl (C=O) groups is 5. The lowest BCUT2D eigenvalue weighted by molar-refractivity contribution is -0.133. The van der Waals surface area contributed by atoms with Crippen LogP contribution in [0.3, 0.4) is 0 Å². The Morgan fingerprint density at radius 2 is 1.20 bits per heavy atom. The molecule has 4 rings (SSSR count). The molecule has 0 bridgehead atoms. The second kappa shape index (κ2) is 10.9. The zero-order valence-electron chi connectivity index (χ0n) is 23.8. The lowest BCUT2D eigenvalue weighted by Crippen LogP contribution is -2.32. The molecular weight excluding hydrogens is 512 g/mol. The minimum atomic E-state index is -1.37. The van der Waals surface area contributed by atoms with E-state index in [0.717, 1.165) is 11.1 Å². The molecule has 0 fully saturated rings. The number of aliphatic hydroxyl groups excluding tert-OH is 1. The highest BCUT2D eigenvalue weighted by molar-refractivity contribution is 6.35. The number of Topliss-reactive ketones (excluding diaryl/α,β-unsaturated/α-hetero) is 5. The molecule has 2 aliphatic carbocycles. The van der Waals surface area contributed by atoms with Crippen LogP contribution >= 0.6 is 0 Å². The van der Waals surface area contributed by atoms with E-state index in [9.17, 15) is 29.1 Å². The first-order valence-corrected chi connectivity index (χ1v) is 13.5. The van der Waals surface area contributed by atoms with Crippen molar-refractivity contribution in [2.24, 2.45) is 11.8 Å². The molecule has 0 aliphatic heterocycles. The molecular formula is C32H36O8. The van der Waals surface area contributed by atoms with Gasteiger partial charge in [0.25, 0.3) is 0 Å². The van der Waals surface area contributed by atoms with Crippen LogP contribution in [0.1, 0.15) is 95.4 Å². The Morgan fingerprint density at radius 3 is 1.77 bits per heavy atom. The third-order valence-corrected chi connectivity index (χ3v) is 7.10. The Balaban J connectivity index is 1.43. The number of ether oxygens (including phenoxy) is 2. The molecule has 212 valence electrons. The first-order chi connectivity index (χ1) is 18.6. The number of fused-ring (bicyclic) bond motifs is 2. The topological polar surface area (TPSA) is 124 Å². The summed E-state index contributed by atoms with van der Waals surface area (Å²) in [7, 11) is 0. The van der Waals surface area contributed by atoms with Crippen molar-refractivity contribution in [3.63, 3.8) is 0 Å². The van der Waals surface area contributed by atoms with Crippen molar-refractivity contribution >= 4 is 28.9 Å². The minimum Gasteiger partial charge on any atom is -0.387 e. The molecule has 2 aliphatic rings.